The molecular formula is C63H59N3O+2. The van der Waals surface area contributed by atoms with E-state index in [1.54, 1.807) is 0 Å². The monoisotopic (exact) mass is 876 g/mol. The van der Waals surface area contributed by atoms with Gasteiger partial charge in [-0.1, -0.05) is 152 Å². The van der Waals surface area contributed by atoms with Gasteiger partial charge in [0.2, 0.25) is 5.69 Å². The molecule has 0 amide bonds. The fraction of sp³-hybridized carbons (Fsp3) is 0.238. The van der Waals surface area contributed by atoms with Crippen LogP contribution in [-0.2, 0) is 5.85 Å². The van der Waals surface area contributed by atoms with Crippen LogP contribution in [0.1, 0.15) is 122 Å². The molecule has 5 heterocycles. The Morgan fingerprint density at radius 2 is 1.25 bits per heavy atom. The number of ether oxygens (including phenoxy) is 1. The van der Waals surface area contributed by atoms with Crippen molar-refractivity contribution >= 4 is 11.0 Å². The largest absolute Gasteiger partial charge is 0.499 e. The second-order valence-electron chi connectivity index (χ2n) is 20.1. The molecule has 1 spiro atoms. The smallest absolute Gasteiger partial charge is 0.392 e. The van der Waals surface area contributed by atoms with E-state index in [0.717, 1.165) is 112 Å². The van der Waals surface area contributed by atoms with Crippen molar-refractivity contribution in [1.82, 2.24) is 4.57 Å². The third-order valence-corrected chi connectivity index (χ3v) is 14.7. The zero-order valence-corrected chi connectivity index (χ0v) is 40.3. The van der Waals surface area contributed by atoms with Gasteiger partial charge in [0.15, 0.2) is 23.0 Å². The summed E-state index contributed by atoms with van der Waals surface area (Å²) in [5, 5.41) is 0. The fourth-order valence-electron chi connectivity index (χ4n) is 11.4. The predicted octanol–water partition coefficient (Wildman–Crippen LogP) is 15.5. The minimum atomic E-state index is -1.24. The van der Waals surface area contributed by atoms with Crippen molar-refractivity contribution in [3.63, 3.8) is 0 Å². The lowest BCUT2D eigenvalue weighted by atomic mass is 9.84. The van der Waals surface area contributed by atoms with Gasteiger partial charge < -0.3 is 4.74 Å². The van der Waals surface area contributed by atoms with E-state index in [1.165, 1.54) is 11.1 Å². The average Bonchev–Trinajstić information content (AvgIpc) is 3.81. The summed E-state index contributed by atoms with van der Waals surface area (Å²) in [6.45, 7) is 20.5. The number of hydrogen-bond acceptors (Lipinski definition) is 1. The first kappa shape index (κ1) is 38.1. The predicted molar refractivity (Wildman–Crippen MR) is 275 cm³/mol. The number of benzene rings is 7. The van der Waals surface area contributed by atoms with Gasteiger partial charge in [0, 0.05) is 27.4 Å². The number of pyridine rings is 1. The van der Waals surface area contributed by atoms with Crippen molar-refractivity contribution < 1.29 is 18.0 Å². The summed E-state index contributed by atoms with van der Waals surface area (Å²) in [5.41, 5.74) is 22.2. The topological polar surface area (TPSA) is 21.9 Å². The molecule has 0 saturated heterocycles. The third-order valence-electron chi connectivity index (χ3n) is 14.7. The van der Waals surface area contributed by atoms with E-state index >= 15 is 0 Å². The second-order valence-corrected chi connectivity index (χ2v) is 20.1. The van der Waals surface area contributed by atoms with Crippen molar-refractivity contribution in [2.75, 3.05) is 0 Å². The summed E-state index contributed by atoms with van der Waals surface area (Å²) in [5.74, 6) is -2.25. The highest BCUT2D eigenvalue weighted by Gasteiger charge is 2.69. The number of fused-ring (bicyclic) bond motifs is 5. The summed E-state index contributed by atoms with van der Waals surface area (Å²) in [4.78, 5) is 0. The molecule has 9 aromatic rings. The first-order valence-corrected chi connectivity index (χ1v) is 23.9. The lowest BCUT2D eigenvalue weighted by molar-refractivity contribution is -0.997. The van der Waals surface area contributed by atoms with Gasteiger partial charge in [-0.25, -0.2) is 0 Å². The van der Waals surface area contributed by atoms with E-state index in [2.05, 4.69) is 187 Å². The third kappa shape index (κ3) is 5.91. The van der Waals surface area contributed by atoms with Crippen LogP contribution < -0.4 is 13.9 Å². The molecule has 7 aromatic carbocycles. The molecule has 0 aliphatic carbocycles. The van der Waals surface area contributed by atoms with Gasteiger partial charge in [-0.15, -0.1) is 9.13 Å². The molecule has 0 radical (unpaired) electrons. The highest BCUT2D eigenvalue weighted by atomic mass is 16.5. The average molecular weight is 877 g/mol. The lowest BCUT2D eigenvalue weighted by Gasteiger charge is -2.34. The highest BCUT2D eigenvalue weighted by molar-refractivity contribution is 5.99. The van der Waals surface area contributed by atoms with Crippen LogP contribution in [0.25, 0.3) is 83.9 Å². The maximum atomic E-state index is 9.82. The van der Waals surface area contributed by atoms with Gasteiger partial charge in [0.05, 0.1) is 5.56 Å². The van der Waals surface area contributed by atoms with Crippen molar-refractivity contribution in [3.05, 3.63) is 191 Å². The molecule has 12 rings (SSSR count). The van der Waals surface area contributed by atoms with E-state index in [-0.39, 0.29) is 5.92 Å². The first-order chi connectivity index (χ1) is 33.3. The number of hydrogen-bond donors (Lipinski definition) is 0. The summed E-state index contributed by atoms with van der Waals surface area (Å²) in [7, 11) is 0. The SMILES string of the molecule is [2H]C(C)(C)c1cc2c(c(C([2H])(C)C)c1)OC13c4c(cc(-c5ccccc5)cc4-c4cc(-c5ccc(C)cc5)cc[n+]41)-c1cccc4c1[n+]3c-2n4-c1ccc(-c2c(C(C)C)cccc2C([2H])(C)C)cc1C. The number of para-hydroxylation sites is 1. The van der Waals surface area contributed by atoms with Gasteiger partial charge in [-0.3, -0.25) is 0 Å². The number of aromatic nitrogens is 3. The zero-order valence-electron chi connectivity index (χ0n) is 43.3. The van der Waals surface area contributed by atoms with Crippen molar-refractivity contribution in [2.45, 2.75) is 98.7 Å². The number of aryl methyl sites for hydroxylation is 2. The van der Waals surface area contributed by atoms with Crippen LogP contribution >= 0.6 is 0 Å². The maximum absolute atomic E-state index is 9.82. The maximum Gasteiger partial charge on any atom is 0.499 e. The zero-order chi connectivity index (χ0) is 49.0. The molecule has 1 atom stereocenters. The summed E-state index contributed by atoms with van der Waals surface area (Å²) >= 11 is 0. The number of rotatable bonds is 8. The van der Waals surface area contributed by atoms with Crippen LogP contribution in [0.3, 0.4) is 0 Å². The minimum Gasteiger partial charge on any atom is -0.392 e. The molecule has 1 unspecified atom stereocenters. The number of nitrogens with zero attached hydrogens (tertiary/aromatic N) is 3. The molecule has 4 heteroatoms. The van der Waals surface area contributed by atoms with Crippen LogP contribution in [0, 0.1) is 13.8 Å². The van der Waals surface area contributed by atoms with Crippen LogP contribution in [0.4, 0.5) is 0 Å². The van der Waals surface area contributed by atoms with Gasteiger partial charge in [-0.05, 0) is 141 Å². The highest BCUT2D eigenvalue weighted by Crippen LogP contribution is 2.56. The van der Waals surface area contributed by atoms with Gasteiger partial charge in [0.1, 0.15) is 16.8 Å². The Morgan fingerprint density at radius 1 is 0.552 bits per heavy atom. The van der Waals surface area contributed by atoms with E-state index in [0.29, 0.717) is 5.75 Å². The summed E-state index contributed by atoms with van der Waals surface area (Å²) in [6.07, 6.45) is 2.21. The molecule has 2 aromatic heterocycles. The minimum absolute atomic E-state index is 0.265. The second kappa shape index (κ2) is 15.0. The lowest BCUT2D eigenvalue weighted by Crippen LogP contribution is -2.78. The molecule has 0 N–H and O–H groups in total. The van der Waals surface area contributed by atoms with Crippen molar-refractivity contribution in [3.8, 4) is 78.6 Å². The Labute approximate surface area is 400 Å². The van der Waals surface area contributed by atoms with Gasteiger partial charge in [0.25, 0.3) is 0 Å². The molecule has 4 nitrogen and oxygen atoms in total. The van der Waals surface area contributed by atoms with Gasteiger partial charge >= 0.3 is 11.7 Å². The van der Waals surface area contributed by atoms with Gasteiger partial charge in [-0.2, -0.15) is 4.57 Å². The molecule has 0 saturated carbocycles. The Morgan fingerprint density at radius 3 is 1.97 bits per heavy atom. The molecule has 0 fully saturated rings. The Kier molecular flexibility index (Phi) is 8.52. The summed E-state index contributed by atoms with van der Waals surface area (Å²) < 4.78 is 43.7. The van der Waals surface area contributed by atoms with Crippen LogP contribution in [-0.4, -0.2) is 4.57 Å². The Balaban J connectivity index is 1.24. The van der Waals surface area contributed by atoms with E-state index in [9.17, 15) is 4.11 Å². The molecule has 3 aliphatic rings. The Hall–Kier alpha value is -7.04. The Bertz CT molecular complexity index is 3680. The van der Waals surface area contributed by atoms with Crippen LogP contribution in [0.2, 0.25) is 0 Å². The van der Waals surface area contributed by atoms with E-state index in [4.69, 9.17) is 4.74 Å². The normalized spacial score (nSPS) is 16.3. The summed E-state index contributed by atoms with van der Waals surface area (Å²) in [6, 6.07) is 52.8. The van der Waals surface area contributed by atoms with Crippen LogP contribution in [0.5, 0.6) is 5.75 Å². The first-order valence-electron chi connectivity index (χ1n) is 25.4. The van der Waals surface area contributed by atoms with Crippen LogP contribution in [0.15, 0.2) is 152 Å². The van der Waals surface area contributed by atoms with E-state index in [1.807, 2.05) is 47.6 Å². The van der Waals surface area contributed by atoms with E-state index < -0.39 is 23.5 Å². The van der Waals surface area contributed by atoms with Crippen molar-refractivity contribution in [2.24, 2.45) is 0 Å². The molecule has 3 aliphatic heterocycles. The molecule has 0 bridgehead atoms. The fourth-order valence-corrected chi connectivity index (χ4v) is 11.4. The molecule has 67 heavy (non-hydrogen) atoms. The molecular weight excluding hydrogens is 815 g/mol. The van der Waals surface area contributed by atoms with Crippen molar-refractivity contribution in [1.29, 1.82) is 0 Å². The molecule has 330 valence electrons. The quantitative estimate of drug-likeness (QED) is 0.139. The standard InChI is InChI=1S/C63H59N3O/c1-36(2)46-31-51(39(7)8)61-54(32-46)62-65(55-27-26-45(30-41(55)10)58-48(37(3)4)18-14-19-49(58)38(5)6)56-21-15-20-50-52-33-47(42-16-12-11-13-17-42)34-53-57-35-44(43-24-22-40(9)23-25-43)28-29-64(57)63(67-61,59(52)53)66(62)60(50)56/h11-39H,1-10H3/q+2/i36D,37D,39D. The number of imidazole rings is 1.